The Labute approximate surface area is 206 Å². The summed E-state index contributed by atoms with van der Waals surface area (Å²) < 4.78 is 33.2. The highest BCUT2D eigenvalue weighted by Crippen LogP contribution is 2.30. The van der Waals surface area contributed by atoms with Crippen LogP contribution in [-0.4, -0.2) is 80.3 Å². The van der Waals surface area contributed by atoms with Crippen LogP contribution < -0.4 is 10.6 Å². The highest BCUT2D eigenvalue weighted by molar-refractivity contribution is 5.79. The molecule has 2 heterocycles. The van der Waals surface area contributed by atoms with Crippen molar-refractivity contribution in [2.45, 2.75) is 102 Å². The Morgan fingerprint density at radius 3 is 2.40 bits per heavy atom. The quantitative estimate of drug-likeness (QED) is 0.343. The minimum absolute atomic E-state index is 0.0219. The summed E-state index contributed by atoms with van der Waals surface area (Å²) in [6.45, 7) is 10.6. The van der Waals surface area contributed by atoms with Crippen LogP contribution in [0.3, 0.4) is 0 Å². The number of ether oxygens (including phenoxy) is 6. The van der Waals surface area contributed by atoms with Crippen LogP contribution in [0.1, 0.15) is 66.7 Å². The van der Waals surface area contributed by atoms with Gasteiger partial charge in [0.2, 0.25) is 0 Å². The predicted molar refractivity (Wildman–Crippen MR) is 124 cm³/mol. The molecule has 3 aliphatic rings. The van der Waals surface area contributed by atoms with Crippen LogP contribution >= 0.6 is 0 Å². The number of alkyl carbamates (subject to hydrolysis) is 2. The molecule has 11 nitrogen and oxygen atoms in total. The van der Waals surface area contributed by atoms with Gasteiger partial charge >= 0.3 is 12.2 Å². The maximum atomic E-state index is 12.5. The first-order valence-corrected chi connectivity index (χ1v) is 12.4. The Balaban J connectivity index is 1.39. The molecule has 2 saturated heterocycles. The van der Waals surface area contributed by atoms with Gasteiger partial charge in [-0.1, -0.05) is 6.92 Å². The highest BCUT2D eigenvalue weighted by Gasteiger charge is 2.46. The molecule has 35 heavy (non-hydrogen) atoms. The number of rotatable bonds is 10. The molecule has 200 valence electrons. The summed E-state index contributed by atoms with van der Waals surface area (Å²) in [5.41, 5.74) is -1.24. The predicted octanol–water partition coefficient (Wildman–Crippen LogP) is 2.65. The van der Waals surface area contributed by atoms with Crippen molar-refractivity contribution in [1.29, 1.82) is 0 Å². The van der Waals surface area contributed by atoms with Crippen LogP contribution in [0.4, 0.5) is 9.59 Å². The van der Waals surface area contributed by atoms with Gasteiger partial charge in [0.05, 0.1) is 44.7 Å². The number of hydrogen-bond donors (Lipinski definition) is 2. The van der Waals surface area contributed by atoms with Gasteiger partial charge in [-0.25, -0.2) is 9.59 Å². The first-order valence-electron chi connectivity index (χ1n) is 12.4. The summed E-state index contributed by atoms with van der Waals surface area (Å²) in [5, 5.41) is 5.40. The van der Waals surface area contributed by atoms with Gasteiger partial charge in [-0.3, -0.25) is 0 Å². The molecular formula is C24H40N2O9. The van der Waals surface area contributed by atoms with E-state index in [0.29, 0.717) is 51.6 Å². The number of aldehydes is 1. The highest BCUT2D eigenvalue weighted by atomic mass is 16.7. The van der Waals surface area contributed by atoms with Gasteiger partial charge in [0, 0.05) is 5.92 Å². The molecule has 2 aliphatic heterocycles. The number of hydrogen-bond acceptors (Lipinski definition) is 9. The fourth-order valence-electron chi connectivity index (χ4n) is 4.65. The Bertz CT molecular complexity index is 759. The van der Waals surface area contributed by atoms with Crippen molar-refractivity contribution in [2.24, 2.45) is 5.92 Å². The van der Waals surface area contributed by atoms with Crippen LogP contribution in [-0.2, 0) is 33.2 Å². The Kier molecular flexibility index (Phi) is 9.01. The molecule has 3 fully saturated rings. The Morgan fingerprint density at radius 2 is 1.77 bits per heavy atom. The van der Waals surface area contributed by atoms with Gasteiger partial charge in [0.15, 0.2) is 11.6 Å². The maximum Gasteiger partial charge on any atom is 0.408 e. The lowest BCUT2D eigenvalue weighted by Crippen LogP contribution is -2.60. The monoisotopic (exact) mass is 500 g/mol. The number of carbonyl (C=O) groups excluding carboxylic acids is 3. The SMILES string of the molecule is CC(COC(=O)NC1(C=O)CCCC1NC(=O)OCCCC1COC(C)(C)O1)C1COC(C)(C)O1. The third-order valence-corrected chi connectivity index (χ3v) is 6.66. The van der Waals surface area contributed by atoms with E-state index in [1.807, 2.05) is 34.6 Å². The van der Waals surface area contributed by atoms with E-state index in [1.54, 1.807) is 0 Å². The van der Waals surface area contributed by atoms with Crippen molar-refractivity contribution >= 4 is 18.5 Å². The molecule has 0 aromatic rings. The molecule has 0 aromatic carbocycles. The van der Waals surface area contributed by atoms with Gasteiger partial charge in [0.1, 0.15) is 11.8 Å². The van der Waals surface area contributed by atoms with E-state index in [-0.39, 0.29) is 31.3 Å². The summed E-state index contributed by atoms with van der Waals surface area (Å²) in [6, 6.07) is -0.586. The Hall–Kier alpha value is -1.95. The lowest BCUT2D eigenvalue weighted by Gasteiger charge is -2.31. The molecule has 0 spiro atoms. The van der Waals surface area contributed by atoms with Crippen molar-refractivity contribution < 1.29 is 42.8 Å². The minimum Gasteiger partial charge on any atom is -0.450 e. The summed E-state index contributed by atoms with van der Waals surface area (Å²) in [5.74, 6) is -1.32. The molecule has 1 aliphatic carbocycles. The van der Waals surface area contributed by atoms with Crippen LogP contribution in [0, 0.1) is 5.92 Å². The van der Waals surface area contributed by atoms with Gasteiger partial charge in [0.25, 0.3) is 0 Å². The van der Waals surface area contributed by atoms with Crippen molar-refractivity contribution in [2.75, 3.05) is 26.4 Å². The summed E-state index contributed by atoms with van der Waals surface area (Å²) in [7, 11) is 0. The molecule has 11 heteroatoms. The third-order valence-electron chi connectivity index (χ3n) is 6.66. The van der Waals surface area contributed by atoms with Crippen LogP contribution in [0.25, 0.3) is 0 Å². The van der Waals surface area contributed by atoms with Gasteiger partial charge in [-0.2, -0.15) is 0 Å². The molecule has 5 atom stereocenters. The summed E-state index contributed by atoms with van der Waals surface area (Å²) in [4.78, 5) is 36.8. The topological polar surface area (TPSA) is 131 Å². The number of amides is 2. The normalized spacial score (nSPS) is 32.1. The lowest BCUT2D eigenvalue weighted by molar-refractivity contribution is -0.145. The van der Waals surface area contributed by atoms with Crippen molar-refractivity contribution in [3.8, 4) is 0 Å². The Morgan fingerprint density at radius 1 is 1.06 bits per heavy atom. The molecular weight excluding hydrogens is 460 g/mol. The van der Waals surface area contributed by atoms with E-state index in [0.717, 1.165) is 0 Å². The second-order valence-corrected chi connectivity index (χ2v) is 10.5. The third kappa shape index (κ3) is 7.77. The lowest BCUT2D eigenvalue weighted by atomic mass is 9.95. The maximum absolute atomic E-state index is 12.5. The van der Waals surface area contributed by atoms with E-state index in [4.69, 9.17) is 28.4 Å². The van der Waals surface area contributed by atoms with E-state index >= 15 is 0 Å². The molecule has 0 aromatic heterocycles. The molecule has 1 saturated carbocycles. The average molecular weight is 501 g/mol. The zero-order valence-electron chi connectivity index (χ0n) is 21.4. The first kappa shape index (κ1) is 27.6. The van der Waals surface area contributed by atoms with Crippen LogP contribution in [0.2, 0.25) is 0 Å². The number of nitrogens with one attached hydrogen (secondary N) is 2. The van der Waals surface area contributed by atoms with Crippen molar-refractivity contribution in [3.63, 3.8) is 0 Å². The van der Waals surface area contributed by atoms with Gasteiger partial charge in [-0.05, 0) is 59.8 Å². The zero-order valence-corrected chi connectivity index (χ0v) is 21.4. The second kappa shape index (κ2) is 11.4. The van der Waals surface area contributed by atoms with E-state index in [2.05, 4.69) is 10.6 Å². The standard InChI is InChI=1S/C24H40N2O9/c1-16(18-14-33-23(4,5)35-18)12-31-21(29)26-24(15-27)10-6-9-19(24)25-20(28)30-11-7-8-17-13-32-22(2,3)34-17/h15-19H,6-14H2,1-5H3,(H,25,28)(H,26,29). The molecule has 2 amide bonds. The van der Waals surface area contributed by atoms with E-state index < -0.39 is 35.3 Å². The zero-order chi connectivity index (χ0) is 25.7. The van der Waals surface area contributed by atoms with Gasteiger partial charge in [-0.15, -0.1) is 0 Å². The molecule has 3 rings (SSSR count). The van der Waals surface area contributed by atoms with E-state index in [9.17, 15) is 14.4 Å². The van der Waals surface area contributed by atoms with Crippen molar-refractivity contribution in [3.05, 3.63) is 0 Å². The molecule has 0 radical (unpaired) electrons. The van der Waals surface area contributed by atoms with Crippen LogP contribution in [0.15, 0.2) is 0 Å². The van der Waals surface area contributed by atoms with Crippen molar-refractivity contribution in [1.82, 2.24) is 10.6 Å². The number of carbonyl (C=O) groups is 3. The summed E-state index contributed by atoms with van der Waals surface area (Å²) in [6.07, 6.45) is 2.05. The van der Waals surface area contributed by atoms with E-state index in [1.165, 1.54) is 0 Å². The second-order valence-electron chi connectivity index (χ2n) is 10.5. The molecule has 5 unspecified atom stereocenters. The largest absolute Gasteiger partial charge is 0.450 e. The molecule has 2 N–H and O–H groups in total. The summed E-state index contributed by atoms with van der Waals surface area (Å²) >= 11 is 0. The molecule has 0 bridgehead atoms. The smallest absolute Gasteiger partial charge is 0.408 e. The van der Waals surface area contributed by atoms with Crippen LogP contribution in [0.5, 0.6) is 0 Å². The fourth-order valence-corrected chi connectivity index (χ4v) is 4.65. The minimum atomic E-state index is -1.24. The van der Waals surface area contributed by atoms with Gasteiger partial charge < -0.3 is 43.8 Å². The average Bonchev–Trinajstić information content (AvgIpc) is 3.46. The first-order chi connectivity index (χ1) is 16.4. The fraction of sp³-hybridized carbons (Fsp3) is 0.875.